The van der Waals surface area contributed by atoms with Crippen LogP contribution < -0.4 is 10.5 Å². The number of ketones is 1. The van der Waals surface area contributed by atoms with Gasteiger partial charge in [-0.3, -0.25) is 4.79 Å². The predicted octanol–water partition coefficient (Wildman–Crippen LogP) is 3.65. The minimum Gasteiger partial charge on any atom is -0.493 e. The molecule has 2 rings (SSSR count). The highest BCUT2D eigenvalue weighted by Crippen LogP contribution is 2.33. The summed E-state index contributed by atoms with van der Waals surface area (Å²) >= 11 is 3.52. The second-order valence-corrected chi connectivity index (χ2v) is 7.02. The normalized spacial score (nSPS) is 16.2. The number of hydrogen-bond acceptors (Lipinski definition) is 3. The zero-order valence-electron chi connectivity index (χ0n) is 12.8. The number of carbonyl (C=O) groups is 1. The Morgan fingerprint density at radius 1 is 1.38 bits per heavy atom. The summed E-state index contributed by atoms with van der Waals surface area (Å²) in [5.41, 5.74) is 7.97. The molecule has 4 heteroatoms. The molecule has 0 aromatic heterocycles. The number of ether oxygens (including phenoxy) is 1. The molecule has 2 atom stereocenters. The van der Waals surface area contributed by atoms with E-state index >= 15 is 0 Å². The van der Waals surface area contributed by atoms with E-state index in [-0.39, 0.29) is 17.7 Å². The summed E-state index contributed by atoms with van der Waals surface area (Å²) < 4.78 is 6.72. The summed E-state index contributed by atoms with van der Waals surface area (Å²) in [4.78, 5) is 12.4. The molecule has 0 amide bonds. The lowest BCUT2D eigenvalue weighted by Gasteiger charge is -2.13. The quantitative estimate of drug-likeness (QED) is 0.813. The molecule has 2 N–H and O–H groups in total. The lowest BCUT2D eigenvalue weighted by atomic mass is 9.93. The van der Waals surface area contributed by atoms with Crippen molar-refractivity contribution in [3.63, 3.8) is 0 Å². The molecular weight excluding hydrogens is 330 g/mol. The number of fused-ring (bicyclic) bond motifs is 1. The van der Waals surface area contributed by atoms with E-state index in [1.165, 1.54) is 5.56 Å². The molecule has 1 heterocycles. The molecule has 116 valence electrons. The Morgan fingerprint density at radius 3 is 2.86 bits per heavy atom. The zero-order valence-corrected chi connectivity index (χ0v) is 14.4. The molecule has 1 aliphatic heterocycles. The minimum atomic E-state index is 0.0831. The van der Waals surface area contributed by atoms with E-state index in [4.69, 9.17) is 10.5 Å². The van der Waals surface area contributed by atoms with Crippen molar-refractivity contribution in [1.29, 1.82) is 0 Å². The third-order valence-electron chi connectivity index (χ3n) is 4.04. The van der Waals surface area contributed by atoms with Gasteiger partial charge in [0.05, 0.1) is 6.61 Å². The van der Waals surface area contributed by atoms with Gasteiger partial charge >= 0.3 is 0 Å². The van der Waals surface area contributed by atoms with Crippen molar-refractivity contribution >= 4 is 21.7 Å². The van der Waals surface area contributed by atoms with Gasteiger partial charge in [-0.05, 0) is 37.5 Å². The second kappa shape index (κ2) is 7.41. The summed E-state index contributed by atoms with van der Waals surface area (Å²) in [5.74, 6) is 1.30. The Bertz CT molecular complexity index is 514. The molecule has 0 spiro atoms. The highest BCUT2D eigenvalue weighted by Gasteiger charge is 2.21. The van der Waals surface area contributed by atoms with Crippen molar-refractivity contribution < 1.29 is 9.53 Å². The van der Waals surface area contributed by atoms with Crippen LogP contribution in [0.3, 0.4) is 0 Å². The molecule has 0 saturated heterocycles. The van der Waals surface area contributed by atoms with Crippen molar-refractivity contribution in [2.24, 2.45) is 11.7 Å². The number of Topliss-reactive ketones (excluding diaryl/α,β-unsaturated/α-hetero) is 1. The fourth-order valence-corrected chi connectivity index (χ4v) is 3.30. The standard InChI is InChI=1S/C17H24BrNO2/c1-11(4-3-5-12(2)19)16(20)10-14-9-15(18)8-13-6-7-21-17(13)14/h8-9,11-12H,3-7,10,19H2,1-2H3. The van der Waals surface area contributed by atoms with Crippen LogP contribution in [0.2, 0.25) is 0 Å². The number of rotatable bonds is 7. The molecular formula is C17H24BrNO2. The molecule has 3 nitrogen and oxygen atoms in total. The fraction of sp³-hybridized carbons (Fsp3) is 0.588. The monoisotopic (exact) mass is 353 g/mol. The lowest BCUT2D eigenvalue weighted by Crippen LogP contribution is -2.17. The van der Waals surface area contributed by atoms with Crippen LogP contribution in [0.15, 0.2) is 16.6 Å². The van der Waals surface area contributed by atoms with Crippen LogP contribution in [0, 0.1) is 5.92 Å². The van der Waals surface area contributed by atoms with E-state index in [0.717, 1.165) is 48.1 Å². The number of halogens is 1. The maximum Gasteiger partial charge on any atom is 0.140 e. The Kier molecular flexibility index (Phi) is 5.82. The molecule has 1 aromatic carbocycles. The van der Waals surface area contributed by atoms with Gasteiger partial charge < -0.3 is 10.5 Å². The summed E-state index contributed by atoms with van der Waals surface area (Å²) in [6, 6.07) is 4.31. The first kappa shape index (κ1) is 16.5. The van der Waals surface area contributed by atoms with Crippen LogP contribution in [-0.4, -0.2) is 18.4 Å². The maximum absolute atomic E-state index is 12.4. The van der Waals surface area contributed by atoms with Crippen molar-refractivity contribution in [3.05, 3.63) is 27.7 Å². The van der Waals surface area contributed by atoms with E-state index < -0.39 is 0 Å². The van der Waals surface area contributed by atoms with E-state index in [1.54, 1.807) is 0 Å². The van der Waals surface area contributed by atoms with Gasteiger partial charge in [-0.25, -0.2) is 0 Å². The Balaban J connectivity index is 1.97. The molecule has 0 radical (unpaired) electrons. The first-order chi connectivity index (χ1) is 9.97. The Hall–Kier alpha value is -0.870. The van der Waals surface area contributed by atoms with Gasteiger partial charge in [0.15, 0.2) is 0 Å². The third-order valence-corrected chi connectivity index (χ3v) is 4.49. The van der Waals surface area contributed by atoms with Crippen LogP contribution in [0.5, 0.6) is 5.75 Å². The molecule has 21 heavy (non-hydrogen) atoms. The molecule has 1 aromatic rings. The van der Waals surface area contributed by atoms with Crippen LogP contribution >= 0.6 is 15.9 Å². The third kappa shape index (κ3) is 4.55. The van der Waals surface area contributed by atoms with E-state index in [0.29, 0.717) is 6.42 Å². The highest BCUT2D eigenvalue weighted by atomic mass is 79.9. The summed E-state index contributed by atoms with van der Waals surface area (Å²) in [5, 5.41) is 0. The average Bonchev–Trinajstić information content (AvgIpc) is 2.86. The lowest BCUT2D eigenvalue weighted by molar-refractivity contribution is -0.122. The zero-order chi connectivity index (χ0) is 15.4. The summed E-state index contributed by atoms with van der Waals surface area (Å²) in [6.07, 6.45) is 4.29. The molecule has 0 aliphatic carbocycles. The molecule has 2 unspecified atom stereocenters. The van der Waals surface area contributed by atoms with Crippen molar-refractivity contribution in [3.8, 4) is 5.75 Å². The largest absolute Gasteiger partial charge is 0.493 e. The first-order valence-electron chi connectivity index (χ1n) is 7.69. The van der Waals surface area contributed by atoms with Crippen molar-refractivity contribution in [2.75, 3.05) is 6.61 Å². The van der Waals surface area contributed by atoms with Gasteiger partial charge in [-0.2, -0.15) is 0 Å². The van der Waals surface area contributed by atoms with Crippen LogP contribution in [0.25, 0.3) is 0 Å². The molecule has 0 bridgehead atoms. The fourth-order valence-electron chi connectivity index (χ4n) is 2.75. The molecule has 1 aliphatic rings. The molecule has 0 fully saturated rings. The molecule has 0 saturated carbocycles. The number of carbonyl (C=O) groups excluding carboxylic acids is 1. The van der Waals surface area contributed by atoms with Gasteiger partial charge in [0.25, 0.3) is 0 Å². The van der Waals surface area contributed by atoms with E-state index in [9.17, 15) is 4.79 Å². The first-order valence-corrected chi connectivity index (χ1v) is 8.49. The van der Waals surface area contributed by atoms with Crippen LogP contribution in [-0.2, 0) is 17.6 Å². The SMILES string of the molecule is CC(N)CCCC(C)C(=O)Cc1cc(Br)cc2c1OCC2. The van der Waals surface area contributed by atoms with Gasteiger partial charge in [-0.15, -0.1) is 0 Å². The minimum absolute atomic E-state index is 0.0831. The summed E-state index contributed by atoms with van der Waals surface area (Å²) in [6.45, 7) is 4.74. The smallest absolute Gasteiger partial charge is 0.140 e. The number of nitrogens with two attached hydrogens (primary N) is 1. The van der Waals surface area contributed by atoms with Gasteiger partial charge in [0.1, 0.15) is 11.5 Å². The van der Waals surface area contributed by atoms with Crippen LogP contribution in [0.1, 0.15) is 44.2 Å². The number of hydrogen-bond donors (Lipinski definition) is 1. The predicted molar refractivity (Wildman–Crippen MR) is 88.7 cm³/mol. The van der Waals surface area contributed by atoms with E-state index in [1.807, 2.05) is 19.9 Å². The Labute approximate surface area is 135 Å². The highest BCUT2D eigenvalue weighted by molar-refractivity contribution is 9.10. The van der Waals surface area contributed by atoms with Gasteiger partial charge in [0, 0.05) is 34.8 Å². The second-order valence-electron chi connectivity index (χ2n) is 6.10. The van der Waals surface area contributed by atoms with Crippen LogP contribution in [0.4, 0.5) is 0 Å². The summed E-state index contributed by atoms with van der Waals surface area (Å²) in [7, 11) is 0. The Morgan fingerprint density at radius 2 is 2.14 bits per heavy atom. The number of benzene rings is 1. The van der Waals surface area contributed by atoms with Gasteiger partial charge in [0.2, 0.25) is 0 Å². The van der Waals surface area contributed by atoms with Crippen molar-refractivity contribution in [2.45, 2.75) is 52.0 Å². The van der Waals surface area contributed by atoms with E-state index in [2.05, 4.69) is 22.0 Å². The maximum atomic E-state index is 12.4. The van der Waals surface area contributed by atoms with Gasteiger partial charge in [-0.1, -0.05) is 29.3 Å². The topological polar surface area (TPSA) is 52.3 Å². The van der Waals surface area contributed by atoms with Crippen molar-refractivity contribution in [1.82, 2.24) is 0 Å². The average molecular weight is 354 g/mol.